The van der Waals surface area contributed by atoms with Crippen LogP contribution in [0.1, 0.15) is 32.1 Å². The number of amides is 2. The lowest BCUT2D eigenvalue weighted by Gasteiger charge is -2.18. The summed E-state index contributed by atoms with van der Waals surface area (Å²) in [5.41, 5.74) is 0.680. The fourth-order valence-electron chi connectivity index (χ4n) is 3.18. The molecule has 4 nitrogen and oxygen atoms in total. The van der Waals surface area contributed by atoms with Crippen molar-refractivity contribution in [3.63, 3.8) is 0 Å². The molecule has 1 atom stereocenters. The van der Waals surface area contributed by atoms with E-state index in [2.05, 4.69) is 5.32 Å². The molecule has 1 saturated carbocycles. The van der Waals surface area contributed by atoms with Gasteiger partial charge in [0.15, 0.2) is 0 Å². The zero-order chi connectivity index (χ0) is 14.8. The Bertz CT molecular complexity index is 538. The number of nitrogens with zero attached hydrogens (tertiary/aromatic N) is 1. The Morgan fingerprint density at radius 1 is 1.19 bits per heavy atom. The van der Waals surface area contributed by atoms with Crippen molar-refractivity contribution >= 4 is 17.5 Å². The molecule has 112 valence electrons. The minimum atomic E-state index is -0.323. The number of halogens is 1. The van der Waals surface area contributed by atoms with Crippen LogP contribution in [0.5, 0.6) is 0 Å². The standard InChI is InChI=1S/C16H19FN2O2/c17-12-5-7-14(8-6-12)19-10-13(9-15(19)20)18-16(21)11-3-1-2-4-11/h5-8,11,13H,1-4,9-10H2,(H,18,21)/t13-/m1/s1. The molecule has 21 heavy (non-hydrogen) atoms. The molecule has 1 heterocycles. The topological polar surface area (TPSA) is 49.4 Å². The van der Waals surface area contributed by atoms with Gasteiger partial charge in [-0.2, -0.15) is 0 Å². The van der Waals surface area contributed by atoms with E-state index in [-0.39, 0.29) is 29.6 Å². The SMILES string of the molecule is O=C(N[C@@H]1CC(=O)N(c2ccc(F)cc2)C1)C1CCCC1. The summed E-state index contributed by atoms with van der Waals surface area (Å²) < 4.78 is 12.9. The number of rotatable bonds is 3. The highest BCUT2D eigenvalue weighted by Crippen LogP contribution is 2.26. The van der Waals surface area contributed by atoms with Crippen molar-refractivity contribution in [3.8, 4) is 0 Å². The van der Waals surface area contributed by atoms with Crippen molar-refractivity contribution in [1.29, 1.82) is 0 Å². The monoisotopic (exact) mass is 290 g/mol. The van der Waals surface area contributed by atoms with E-state index in [1.807, 2.05) is 0 Å². The minimum Gasteiger partial charge on any atom is -0.351 e. The predicted molar refractivity (Wildman–Crippen MR) is 77.3 cm³/mol. The van der Waals surface area contributed by atoms with Gasteiger partial charge in [-0.05, 0) is 37.1 Å². The van der Waals surface area contributed by atoms with E-state index in [1.165, 1.54) is 12.1 Å². The summed E-state index contributed by atoms with van der Waals surface area (Å²) in [6.07, 6.45) is 4.45. The molecule has 0 spiro atoms. The summed E-state index contributed by atoms with van der Waals surface area (Å²) in [5, 5.41) is 2.99. The van der Waals surface area contributed by atoms with Crippen molar-refractivity contribution in [2.75, 3.05) is 11.4 Å². The number of carbonyl (C=O) groups is 2. The van der Waals surface area contributed by atoms with Gasteiger partial charge < -0.3 is 10.2 Å². The van der Waals surface area contributed by atoms with Gasteiger partial charge >= 0.3 is 0 Å². The molecule has 2 aliphatic rings. The van der Waals surface area contributed by atoms with Crippen molar-refractivity contribution in [3.05, 3.63) is 30.1 Å². The van der Waals surface area contributed by atoms with E-state index in [0.717, 1.165) is 25.7 Å². The van der Waals surface area contributed by atoms with Crippen LogP contribution in [0.4, 0.5) is 10.1 Å². The van der Waals surface area contributed by atoms with E-state index in [9.17, 15) is 14.0 Å². The van der Waals surface area contributed by atoms with Crippen molar-refractivity contribution in [2.24, 2.45) is 5.92 Å². The quantitative estimate of drug-likeness (QED) is 0.928. The maximum absolute atomic E-state index is 12.9. The van der Waals surface area contributed by atoms with Gasteiger partial charge in [-0.25, -0.2) is 4.39 Å². The number of anilines is 1. The maximum atomic E-state index is 12.9. The molecule has 1 aromatic rings. The van der Waals surface area contributed by atoms with Gasteiger partial charge in [0.25, 0.3) is 0 Å². The number of hydrogen-bond acceptors (Lipinski definition) is 2. The third-order valence-corrected chi connectivity index (χ3v) is 4.34. The van der Waals surface area contributed by atoms with E-state index < -0.39 is 0 Å². The smallest absolute Gasteiger partial charge is 0.229 e. The third kappa shape index (κ3) is 3.06. The summed E-state index contributed by atoms with van der Waals surface area (Å²) in [4.78, 5) is 25.8. The Labute approximate surface area is 123 Å². The zero-order valence-electron chi connectivity index (χ0n) is 11.8. The second-order valence-electron chi connectivity index (χ2n) is 5.87. The Hall–Kier alpha value is -1.91. The molecule has 0 aromatic heterocycles. The van der Waals surface area contributed by atoms with Crippen molar-refractivity contribution < 1.29 is 14.0 Å². The van der Waals surface area contributed by atoms with Crippen LogP contribution in [0.15, 0.2) is 24.3 Å². The van der Waals surface area contributed by atoms with Gasteiger partial charge in [-0.1, -0.05) is 12.8 Å². The van der Waals surface area contributed by atoms with Gasteiger partial charge in [0.2, 0.25) is 11.8 Å². The Morgan fingerprint density at radius 2 is 1.86 bits per heavy atom. The second kappa shape index (κ2) is 5.84. The summed E-state index contributed by atoms with van der Waals surface area (Å²) in [6, 6.07) is 5.72. The second-order valence-corrected chi connectivity index (χ2v) is 5.87. The van der Waals surface area contributed by atoms with Crippen LogP contribution < -0.4 is 10.2 Å². The molecule has 1 N–H and O–H groups in total. The average molecular weight is 290 g/mol. The molecule has 1 aliphatic carbocycles. The predicted octanol–water partition coefficient (Wildman–Crippen LogP) is 2.24. The highest BCUT2D eigenvalue weighted by molar-refractivity contribution is 5.96. The highest BCUT2D eigenvalue weighted by Gasteiger charge is 2.33. The molecule has 1 aromatic carbocycles. The molecule has 1 aliphatic heterocycles. The van der Waals surface area contributed by atoms with Crippen molar-refractivity contribution in [1.82, 2.24) is 5.32 Å². The van der Waals surface area contributed by atoms with E-state index in [0.29, 0.717) is 18.7 Å². The summed E-state index contributed by atoms with van der Waals surface area (Å²) >= 11 is 0. The van der Waals surface area contributed by atoms with Gasteiger partial charge in [0.1, 0.15) is 5.82 Å². The zero-order valence-corrected chi connectivity index (χ0v) is 11.8. The van der Waals surface area contributed by atoms with Crippen LogP contribution >= 0.6 is 0 Å². The summed E-state index contributed by atoms with van der Waals surface area (Å²) in [5.74, 6) is -0.166. The van der Waals surface area contributed by atoms with E-state index >= 15 is 0 Å². The van der Waals surface area contributed by atoms with E-state index in [4.69, 9.17) is 0 Å². The normalized spacial score (nSPS) is 22.8. The fraction of sp³-hybridized carbons (Fsp3) is 0.500. The van der Waals surface area contributed by atoms with Gasteiger partial charge in [-0.15, -0.1) is 0 Å². The fourth-order valence-corrected chi connectivity index (χ4v) is 3.18. The van der Waals surface area contributed by atoms with Crippen molar-refractivity contribution in [2.45, 2.75) is 38.1 Å². The molecule has 0 unspecified atom stereocenters. The first kappa shape index (κ1) is 14.0. The van der Waals surface area contributed by atoms with Gasteiger partial charge in [-0.3, -0.25) is 9.59 Å². The lowest BCUT2D eigenvalue weighted by molar-refractivity contribution is -0.125. The number of nitrogens with one attached hydrogen (secondary N) is 1. The molecular weight excluding hydrogens is 271 g/mol. The molecule has 2 amide bonds. The molecule has 3 rings (SSSR count). The van der Waals surface area contributed by atoms with Crippen LogP contribution in [-0.4, -0.2) is 24.4 Å². The van der Waals surface area contributed by atoms with Crippen LogP contribution in [0, 0.1) is 11.7 Å². The number of hydrogen-bond donors (Lipinski definition) is 1. The minimum absolute atomic E-state index is 0.0293. The number of benzene rings is 1. The third-order valence-electron chi connectivity index (χ3n) is 4.34. The molecule has 0 radical (unpaired) electrons. The maximum Gasteiger partial charge on any atom is 0.229 e. The number of carbonyl (C=O) groups excluding carboxylic acids is 2. The summed E-state index contributed by atoms with van der Waals surface area (Å²) in [6.45, 7) is 0.461. The lowest BCUT2D eigenvalue weighted by atomic mass is 10.1. The molecule has 1 saturated heterocycles. The molecule has 5 heteroatoms. The van der Waals surface area contributed by atoms with Crippen LogP contribution in [0.2, 0.25) is 0 Å². The highest BCUT2D eigenvalue weighted by atomic mass is 19.1. The largest absolute Gasteiger partial charge is 0.351 e. The average Bonchev–Trinajstić information content (AvgIpc) is 3.10. The van der Waals surface area contributed by atoms with E-state index in [1.54, 1.807) is 17.0 Å². The molecule has 2 fully saturated rings. The van der Waals surface area contributed by atoms with Gasteiger partial charge in [0, 0.05) is 24.6 Å². The molecular formula is C16H19FN2O2. The van der Waals surface area contributed by atoms with Crippen LogP contribution in [0.25, 0.3) is 0 Å². The van der Waals surface area contributed by atoms with Gasteiger partial charge in [0.05, 0.1) is 6.04 Å². The Morgan fingerprint density at radius 3 is 2.52 bits per heavy atom. The Balaban J connectivity index is 1.61. The molecule has 0 bridgehead atoms. The first-order valence-electron chi connectivity index (χ1n) is 7.50. The first-order chi connectivity index (χ1) is 10.1. The lowest BCUT2D eigenvalue weighted by Crippen LogP contribution is -2.40. The first-order valence-corrected chi connectivity index (χ1v) is 7.50. The summed E-state index contributed by atoms with van der Waals surface area (Å²) in [7, 11) is 0. The van der Waals surface area contributed by atoms with Crippen LogP contribution in [-0.2, 0) is 9.59 Å². The Kier molecular flexibility index (Phi) is 3.90. The van der Waals surface area contributed by atoms with Crippen LogP contribution in [0.3, 0.4) is 0 Å².